The Morgan fingerprint density at radius 1 is 1.50 bits per heavy atom. The zero-order chi connectivity index (χ0) is 10.8. The maximum absolute atomic E-state index is 5.67. The Morgan fingerprint density at radius 2 is 2.50 bits per heavy atom. The zero-order valence-electron chi connectivity index (χ0n) is 8.77. The van der Waals surface area contributed by atoms with E-state index >= 15 is 0 Å². The van der Waals surface area contributed by atoms with Crippen LogP contribution in [0.25, 0.3) is 11.4 Å². The van der Waals surface area contributed by atoms with E-state index in [1.54, 1.807) is 11.3 Å². The van der Waals surface area contributed by atoms with Gasteiger partial charge in [-0.05, 0) is 12.1 Å². The predicted molar refractivity (Wildman–Crippen MR) is 63.5 cm³/mol. The third-order valence-corrected chi connectivity index (χ3v) is 3.54. The van der Waals surface area contributed by atoms with E-state index in [1.165, 1.54) is 0 Å². The molecule has 4 nitrogen and oxygen atoms in total. The van der Waals surface area contributed by atoms with E-state index in [-0.39, 0.29) is 6.10 Å². The largest absolute Gasteiger partial charge is 0.368 e. The number of nitrogens with one attached hydrogen (secondary N) is 2. The molecule has 16 heavy (non-hydrogen) atoms. The van der Waals surface area contributed by atoms with Crippen molar-refractivity contribution in [2.45, 2.75) is 6.10 Å². The van der Waals surface area contributed by atoms with Crippen molar-refractivity contribution in [2.24, 2.45) is 0 Å². The van der Waals surface area contributed by atoms with Gasteiger partial charge in [-0.3, -0.25) is 0 Å². The minimum Gasteiger partial charge on any atom is -0.368 e. The average molecular weight is 235 g/mol. The van der Waals surface area contributed by atoms with Crippen LogP contribution in [-0.4, -0.2) is 29.7 Å². The predicted octanol–water partition coefficient (Wildman–Crippen LogP) is 1.80. The molecule has 0 aromatic carbocycles. The number of thiazole rings is 1. The fraction of sp³-hybridized carbons (Fsp3) is 0.364. The number of morpholine rings is 1. The summed E-state index contributed by atoms with van der Waals surface area (Å²) in [5, 5.41) is 6.43. The van der Waals surface area contributed by atoms with Crippen LogP contribution >= 0.6 is 11.3 Å². The first-order chi connectivity index (χ1) is 7.93. The van der Waals surface area contributed by atoms with Crippen LogP contribution in [0.4, 0.5) is 0 Å². The summed E-state index contributed by atoms with van der Waals surface area (Å²) in [6, 6.07) is 4.01. The smallest absolute Gasteiger partial charge is 0.124 e. The first-order valence-corrected chi connectivity index (χ1v) is 6.23. The second kappa shape index (κ2) is 4.37. The second-order valence-electron chi connectivity index (χ2n) is 3.72. The molecule has 0 spiro atoms. The monoisotopic (exact) mass is 235 g/mol. The van der Waals surface area contributed by atoms with Crippen LogP contribution in [0.1, 0.15) is 11.1 Å². The molecule has 2 N–H and O–H groups in total. The first-order valence-electron chi connectivity index (χ1n) is 5.35. The molecular formula is C11H13N3OS. The average Bonchev–Trinajstić information content (AvgIpc) is 3.01. The quantitative estimate of drug-likeness (QED) is 0.834. The van der Waals surface area contributed by atoms with E-state index in [9.17, 15) is 0 Å². The molecule has 1 aliphatic rings. The van der Waals surface area contributed by atoms with Gasteiger partial charge in [0.1, 0.15) is 11.1 Å². The molecule has 1 saturated heterocycles. The van der Waals surface area contributed by atoms with Gasteiger partial charge in [0.2, 0.25) is 0 Å². The van der Waals surface area contributed by atoms with Crippen LogP contribution in [-0.2, 0) is 4.74 Å². The number of hydrogen-bond acceptors (Lipinski definition) is 4. The van der Waals surface area contributed by atoms with Gasteiger partial charge in [0.05, 0.1) is 18.0 Å². The van der Waals surface area contributed by atoms with Gasteiger partial charge in [0.25, 0.3) is 0 Å². The van der Waals surface area contributed by atoms with Crippen molar-refractivity contribution in [1.82, 2.24) is 15.3 Å². The summed E-state index contributed by atoms with van der Waals surface area (Å²) in [5.74, 6) is 0. The summed E-state index contributed by atoms with van der Waals surface area (Å²) in [7, 11) is 0. The highest BCUT2D eigenvalue weighted by atomic mass is 32.1. The van der Waals surface area contributed by atoms with E-state index < -0.39 is 0 Å². The Bertz CT molecular complexity index is 446. The lowest BCUT2D eigenvalue weighted by molar-refractivity contribution is 0.0276. The Labute approximate surface area is 97.7 Å². The van der Waals surface area contributed by atoms with Crippen molar-refractivity contribution in [2.75, 3.05) is 19.7 Å². The molecule has 0 bridgehead atoms. The van der Waals surface area contributed by atoms with Gasteiger partial charge in [-0.2, -0.15) is 0 Å². The summed E-state index contributed by atoms with van der Waals surface area (Å²) in [5.41, 5.74) is 2.06. The summed E-state index contributed by atoms with van der Waals surface area (Å²) < 4.78 is 5.67. The van der Waals surface area contributed by atoms with Crippen molar-refractivity contribution in [3.05, 3.63) is 28.7 Å². The minimum atomic E-state index is 0.113. The van der Waals surface area contributed by atoms with Crippen LogP contribution < -0.4 is 5.32 Å². The highest BCUT2D eigenvalue weighted by Gasteiger charge is 2.19. The molecule has 5 heteroatoms. The molecule has 3 heterocycles. The summed E-state index contributed by atoms with van der Waals surface area (Å²) in [6.45, 7) is 2.56. The molecule has 0 amide bonds. The topological polar surface area (TPSA) is 49.9 Å². The van der Waals surface area contributed by atoms with Gasteiger partial charge < -0.3 is 15.0 Å². The molecule has 1 unspecified atom stereocenters. The molecule has 0 radical (unpaired) electrons. The molecule has 84 valence electrons. The van der Waals surface area contributed by atoms with Crippen LogP contribution in [0.3, 0.4) is 0 Å². The van der Waals surface area contributed by atoms with Crippen LogP contribution in [0.15, 0.2) is 23.7 Å². The molecule has 1 atom stereocenters. The van der Waals surface area contributed by atoms with Gasteiger partial charge in [0, 0.05) is 24.7 Å². The standard InChI is InChI=1S/C11H13N3OS/c1-2-8(13-3-1)9-7-16-11(14-9)10-6-12-4-5-15-10/h1-3,7,10,12-13H,4-6H2. The van der Waals surface area contributed by atoms with Crippen LogP contribution in [0.5, 0.6) is 0 Å². The van der Waals surface area contributed by atoms with E-state index in [0.717, 1.165) is 36.1 Å². The number of nitrogens with zero attached hydrogens (tertiary/aromatic N) is 1. The number of ether oxygens (including phenoxy) is 1. The van der Waals surface area contributed by atoms with Crippen molar-refractivity contribution < 1.29 is 4.74 Å². The fourth-order valence-electron chi connectivity index (χ4n) is 1.77. The molecular weight excluding hydrogens is 222 g/mol. The zero-order valence-corrected chi connectivity index (χ0v) is 9.59. The van der Waals surface area contributed by atoms with Crippen molar-refractivity contribution in [3.8, 4) is 11.4 Å². The van der Waals surface area contributed by atoms with Gasteiger partial charge >= 0.3 is 0 Å². The highest BCUT2D eigenvalue weighted by Crippen LogP contribution is 2.26. The van der Waals surface area contributed by atoms with Gasteiger partial charge in [0.15, 0.2) is 0 Å². The molecule has 0 aliphatic carbocycles. The number of hydrogen-bond donors (Lipinski definition) is 2. The van der Waals surface area contributed by atoms with E-state index in [0.29, 0.717) is 0 Å². The second-order valence-corrected chi connectivity index (χ2v) is 4.61. The molecule has 1 aliphatic heterocycles. The number of H-pyrrole nitrogens is 1. The highest BCUT2D eigenvalue weighted by molar-refractivity contribution is 7.10. The lowest BCUT2D eigenvalue weighted by Crippen LogP contribution is -2.33. The van der Waals surface area contributed by atoms with Gasteiger partial charge in [-0.1, -0.05) is 0 Å². The Balaban J connectivity index is 1.82. The minimum absolute atomic E-state index is 0.113. The van der Waals surface area contributed by atoms with Crippen LogP contribution in [0.2, 0.25) is 0 Å². The molecule has 2 aromatic rings. The number of rotatable bonds is 2. The van der Waals surface area contributed by atoms with Crippen molar-refractivity contribution in [1.29, 1.82) is 0 Å². The molecule has 3 rings (SSSR count). The van der Waals surface area contributed by atoms with Crippen LogP contribution in [0, 0.1) is 0 Å². The Morgan fingerprint density at radius 3 is 3.25 bits per heavy atom. The van der Waals surface area contributed by atoms with Crippen molar-refractivity contribution >= 4 is 11.3 Å². The van der Waals surface area contributed by atoms with E-state index in [1.807, 2.05) is 18.3 Å². The first kappa shape index (κ1) is 10.0. The maximum Gasteiger partial charge on any atom is 0.124 e. The molecule has 1 fully saturated rings. The SMILES string of the molecule is c1c[nH]c(-c2csc(C3CNCCO3)n2)c1. The molecule has 0 saturated carbocycles. The van der Waals surface area contributed by atoms with Gasteiger partial charge in [-0.25, -0.2) is 4.98 Å². The lowest BCUT2D eigenvalue weighted by Gasteiger charge is -2.21. The summed E-state index contributed by atoms with van der Waals surface area (Å²) >= 11 is 1.66. The third kappa shape index (κ3) is 1.89. The van der Waals surface area contributed by atoms with E-state index in [4.69, 9.17) is 4.74 Å². The normalized spacial score (nSPS) is 21.1. The lowest BCUT2D eigenvalue weighted by atomic mass is 10.3. The fourth-order valence-corrected chi connectivity index (χ4v) is 2.64. The summed E-state index contributed by atoms with van der Waals surface area (Å²) in [4.78, 5) is 7.76. The number of aromatic nitrogens is 2. The van der Waals surface area contributed by atoms with Crippen molar-refractivity contribution in [3.63, 3.8) is 0 Å². The molecule has 2 aromatic heterocycles. The third-order valence-electron chi connectivity index (χ3n) is 2.60. The maximum atomic E-state index is 5.67. The van der Waals surface area contributed by atoms with E-state index in [2.05, 4.69) is 20.7 Å². The number of aromatic amines is 1. The van der Waals surface area contributed by atoms with Gasteiger partial charge in [-0.15, -0.1) is 11.3 Å². The summed E-state index contributed by atoms with van der Waals surface area (Å²) in [6.07, 6.45) is 2.02. The Kier molecular flexibility index (Phi) is 2.73. The Hall–Kier alpha value is -1.17.